The second-order valence-electron chi connectivity index (χ2n) is 3.99. The molecule has 17 heavy (non-hydrogen) atoms. The number of halogens is 2. The number of nitrogens with one attached hydrogen (secondary N) is 1. The van der Waals surface area contributed by atoms with Crippen LogP contribution in [0.3, 0.4) is 0 Å². The van der Waals surface area contributed by atoms with E-state index in [0.717, 1.165) is 5.69 Å². The number of hydrogen-bond donors (Lipinski definition) is 1. The molecule has 1 aliphatic heterocycles. The Bertz CT molecular complexity index is 666. The number of ether oxygens (including phenoxy) is 1. The van der Waals surface area contributed by atoms with Gasteiger partial charge in [-0.05, 0) is 28.1 Å². The number of H-pyrrole nitrogens is 1. The Morgan fingerprint density at radius 1 is 1.41 bits per heavy atom. The van der Waals surface area contributed by atoms with Gasteiger partial charge in [0.15, 0.2) is 5.43 Å². The molecule has 5 heteroatoms. The first kappa shape index (κ1) is 10.9. The molecule has 3 rings (SSSR count). The summed E-state index contributed by atoms with van der Waals surface area (Å²) in [7, 11) is 0. The molecular weight excluding hydrogens is 289 g/mol. The van der Waals surface area contributed by atoms with Crippen LogP contribution in [0.15, 0.2) is 21.4 Å². The number of fused-ring (bicyclic) bond motifs is 2. The lowest BCUT2D eigenvalue weighted by atomic mass is 10.1. The molecule has 1 aliphatic rings. The molecule has 0 bridgehead atoms. The summed E-state index contributed by atoms with van der Waals surface area (Å²) in [6, 6.07) is 2.89. The molecule has 0 saturated heterocycles. The van der Waals surface area contributed by atoms with Crippen LogP contribution in [0.5, 0.6) is 0 Å². The second kappa shape index (κ2) is 3.92. The van der Waals surface area contributed by atoms with E-state index in [9.17, 15) is 9.18 Å². The van der Waals surface area contributed by atoms with Crippen molar-refractivity contribution in [3.8, 4) is 0 Å². The Morgan fingerprint density at radius 3 is 3.06 bits per heavy atom. The topological polar surface area (TPSA) is 42.1 Å². The fourth-order valence-corrected chi connectivity index (χ4v) is 2.64. The van der Waals surface area contributed by atoms with Crippen molar-refractivity contribution >= 4 is 26.8 Å². The first-order valence-electron chi connectivity index (χ1n) is 5.28. The third-order valence-corrected chi connectivity index (χ3v) is 3.65. The highest BCUT2D eigenvalue weighted by Crippen LogP contribution is 2.24. The number of hydrogen-bond acceptors (Lipinski definition) is 2. The lowest BCUT2D eigenvalue weighted by Gasteiger charge is -2.17. The van der Waals surface area contributed by atoms with Crippen molar-refractivity contribution in [1.29, 1.82) is 0 Å². The van der Waals surface area contributed by atoms with Gasteiger partial charge in [-0.2, -0.15) is 0 Å². The lowest BCUT2D eigenvalue weighted by Crippen LogP contribution is -2.22. The molecule has 0 amide bonds. The SMILES string of the molecule is O=c1c2c([nH]c3c(F)ccc(Br)c13)CCOC2. The standard InChI is InChI=1S/C12H9BrFNO2/c13-7-1-2-8(14)11-10(7)12(16)6-5-17-4-3-9(6)15-11/h1-2H,3-5H2,(H,15,16). The summed E-state index contributed by atoms with van der Waals surface area (Å²) in [6.45, 7) is 0.855. The maximum Gasteiger partial charge on any atom is 0.196 e. The van der Waals surface area contributed by atoms with Crippen molar-refractivity contribution in [3.05, 3.63) is 43.9 Å². The fourth-order valence-electron chi connectivity index (χ4n) is 2.12. The van der Waals surface area contributed by atoms with Gasteiger partial charge in [0.25, 0.3) is 0 Å². The van der Waals surface area contributed by atoms with E-state index in [1.807, 2.05) is 0 Å². The summed E-state index contributed by atoms with van der Waals surface area (Å²) in [6.07, 6.45) is 0.618. The zero-order valence-electron chi connectivity index (χ0n) is 8.85. The molecule has 0 unspecified atom stereocenters. The molecule has 1 aromatic carbocycles. The number of benzene rings is 1. The fraction of sp³-hybridized carbons (Fsp3) is 0.250. The van der Waals surface area contributed by atoms with Crippen LogP contribution in [0.2, 0.25) is 0 Å². The van der Waals surface area contributed by atoms with E-state index in [-0.39, 0.29) is 10.9 Å². The van der Waals surface area contributed by atoms with E-state index in [0.29, 0.717) is 35.1 Å². The van der Waals surface area contributed by atoms with Crippen LogP contribution in [-0.2, 0) is 17.8 Å². The number of rotatable bonds is 0. The van der Waals surface area contributed by atoms with Crippen LogP contribution < -0.4 is 5.43 Å². The minimum Gasteiger partial charge on any atom is -0.376 e. The van der Waals surface area contributed by atoms with Crippen molar-refractivity contribution in [1.82, 2.24) is 4.98 Å². The molecule has 0 saturated carbocycles. The monoisotopic (exact) mass is 297 g/mol. The van der Waals surface area contributed by atoms with Gasteiger partial charge in [-0.25, -0.2) is 4.39 Å². The molecule has 88 valence electrons. The van der Waals surface area contributed by atoms with E-state index in [1.165, 1.54) is 6.07 Å². The van der Waals surface area contributed by atoms with E-state index in [2.05, 4.69) is 20.9 Å². The molecule has 0 fully saturated rings. The number of aromatic amines is 1. The highest BCUT2D eigenvalue weighted by Gasteiger charge is 2.18. The maximum atomic E-state index is 13.7. The molecule has 3 nitrogen and oxygen atoms in total. The molecule has 2 aromatic rings. The Balaban J connectivity index is 2.48. The van der Waals surface area contributed by atoms with Gasteiger partial charge in [-0.1, -0.05) is 0 Å². The highest BCUT2D eigenvalue weighted by molar-refractivity contribution is 9.10. The van der Waals surface area contributed by atoms with Gasteiger partial charge in [0.05, 0.1) is 24.1 Å². The van der Waals surface area contributed by atoms with Gasteiger partial charge in [0.1, 0.15) is 5.82 Å². The minimum atomic E-state index is -0.408. The largest absolute Gasteiger partial charge is 0.376 e. The molecule has 0 spiro atoms. The summed E-state index contributed by atoms with van der Waals surface area (Å²) in [4.78, 5) is 15.3. The Labute approximate surface area is 105 Å². The molecule has 0 radical (unpaired) electrons. The van der Waals surface area contributed by atoms with Gasteiger partial charge in [-0.15, -0.1) is 0 Å². The molecule has 2 heterocycles. The minimum absolute atomic E-state index is 0.153. The summed E-state index contributed by atoms with van der Waals surface area (Å²) in [5.41, 5.74) is 1.51. The maximum absolute atomic E-state index is 13.7. The lowest BCUT2D eigenvalue weighted by molar-refractivity contribution is 0.108. The van der Waals surface area contributed by atoms with E-state index in [4.69, 9.17) is 4.74 Å². The van der Waals surface area contributed by atoms with Crippen LogP contribution in [0.4, 0.5) is 4.39 Å². The van der Waals surface area contributed by atoms with Gasteiger partial charge in [0, 0.05) is 22.2 Å². The van der Waals surface area contributed by atoms with Crippen molar-refractivity contribution < 1.29 is 9.13 Å². The van der Waals surface area contributed by atoms with Crippen molar-refractivity contribution in [2.45, 2.75) is 13.0 Å². The smallest absolute Gasteiger partial charge is 0.196 e. The predicted octanol–water partition coefficient (Wildman–Crippen LogP) is 2.50. The Hall–Kier alpha value is -1.20. The summed E-state index contributed by atoms with van der Waals surface area (Å²) in [5, 5.41) is 0.356. The van der Waals surface area contributed by atoms with Crippen LogP contribution in [0, 0.1) is 5.82 Å². The van der Waals surface area contributed by atoms with Gasteiger partial charge in [-0.3, -0.25) is 4.79 Å². The van der Waals surface area contributed by atoms with Crippen molar-refractivity contribution in [2.75, 3.05) is 6.61 Å². The van der Waals surface area contributed by atoms with Crippen LogP contribution >= 0.6 is 15.9 Å². The summed E-state index contributed by atoms with van der Waals surface area (Å²) in [5.74, 6) is -0.408. The second-order valence-corrected chi connectivity index (χ2v) is 4.85. The van der Waals surface area contributed by atoms with Crippen LogP contribution in [-0.4, -0.2) is 11.6 Å². The van der Waals surface area contributed by atoms with E-state index < -0.39 is 5.82 Å². The van der Waals surface area contributed by atoms with Gasteiger partial charge >= 0.3 is 0 Å². The van der Waals surface area contributed by atoms with Crippen LogP contribution in [0.1, 0.15) is 11.3 Å². The van der Waals surface area contributed by atoms with Crippen molar-refractivity contribution in [2.24, 2.45) is 0 Å². The number of aromatic nitrogens is 1. The highest BCUT2D eigenvalue weighted by atomic mass is 79.9. The third kappa shape index (κ3) is 1.61. The normalized spacial score (nSPS) is 14.9. The van der Waals surface area contributed by atoms with Crippen LogP contribution in [0.25, 0.3) is 10.9 Å². The summed E-state index contributed by atoms with van der Waals surface area (Å²) >= 11 is 3.28. The predicted molar refractivity (Wildman–Crippen MR) is 65.6 cm³/mol. The molecule has 1 N–H and O–H groups in total. The number of pyridine rings is 1. The first-order valence-corrected chi connectivity index (χ1v) is 6.07. The Kier molecular flexibility index (Phi) is 2.52. The first-order chi connectivity index (χ1) is 8.18. The quantitative estimate of drug-likeness (QED) is 0.812. The third-order valence-electron chi connectivity index (χ3n) is 2.99. The molecule has 0 atom stereocenters. The average molecular weight is 298 g/mol. The van der Waals surface area contributed by atoms with E-state index in [1.54, 1.807) is 6.07 Å². The summed E-state index contributed by atoms with van der Waals surface area (Å²) < 4.78 is 19.6. The molecule has 0 aliphatic carbocycles. The zero-order chi connectivity index (χ0) is 12.0. The van der Waals surface area contributed by atoms with Gasteiger partial charge < -0.3 is 9.72 Å². The molecule has 1 aromatic heterocycles. The molecular formula is C12H9BrFNO2. The Morgan fingerprint density at radius 2 is 2.24 bits per heavy atom. The zero-order valence-corrected chi connectivity index (χ0v) is 10.4. The average Bonchev–Trinajstić information content (AvgIpc) is 2.34. The van der Waals surface area contributed by atoms with E-state index >= 15 is 0 Å². The van der Waals surface area contributed by atoms with Crippen molar-refractivity contribution in [3.63, 3.8) is 0 Å². The van der Waals surface area contributed by atoms with Gasteiger partial charge in [0.2, 0.25) is 0 Å².